The van der Waals surface area contributed by atoms with E-state index in [0.717, 1.165) is 0 Å². The Bertz CT molecular complexity index is 533. The summed E-state index contributed by atoms with van der Waals surface area (Å²) in [4.78, 5) is 10.8. The fourth-order valence-corrected chi connectivity index (χ4v) is 1.76. The zero-order valence-corrected chi connectivity index (χ0v) is 8.61. The molecule has 0 radical (unpaired) electrons. The molecule has 1 unspecified atom stereocenters. The molecule has 0 saturated carbocycles. The Kier molecular flexibility index (Phi) is 1.78. The lowest BCUT2D eigenvalue weighted by Crippen LogP contribution is -2.22. The standard InChI is InChI=1S/C12H16N2O/c1-9(15)13-7-6-10-8-14-12-5-3-2-4-11(10)12/h2-5,10,14H,6-8H2,1H3,(H,13,15)/i2D,3D,4D,5D. The van der Waals surface area contributed by atoms with E-state index in [4.69, 9.17) is 5.48 Å². The summed E-state index contributed by atoms with van der Waals surface area (Å²) >= 11 is 0. The van der Waals surface area contributed by atoms with E-state index in [-0.39, 0.29) is 36.0 Å². The normalized spacial score (nSPS) is 21.8. The maximum atomic E-state index is 10.8. The summed E-state index contributed by atoms with van der Waals surface area (Å²) in [6.07, 6.45) is 0.654. The van der Waals surface area contributed by atoms with Crippen LogP contribution in [-0.4, -0.2) is 19.0 Å². The Hall–Kier alpha value is -1.51. The van der Waals surface area contributed by atoms with Crippen molar-refractivity contribution in [3.8, 4) is 0 Å². The smallest absolute Gasteiger partial charge is 0.216 e. The SMILES string of the molecule is [2H]c1c([2H])c([2H])c2c(c1[2H])NCC2CCNC(C)=O. The number of fused-ring (bicyclic) bond motifs is 1. The molecule has 80 valence electrons. The van der Waals surface area contributed by atoms with Crippen molar-refractivity contribution < 1.29 is 10.3 Å². The summed E-state index contributed by atoms with van der Waals surface area (Å²) in [5.41, 5.74) is 1.13. The molecule has 1 aliphatic heterocycles. The first-order chi connectivity index (χ1) is 8.93. The molecule has 1 aliphatic rings. The first-order valence-corrected chi connectivity index (χ1v) is 5.02. The van der Waals surface area contributed by atoms with Crippen molar-refractivity contribution in [3.63, 3.8) is 0 Å². The largest absolute Gasteiger partial charge is 0.384 e. The Morgan fingerprint density at radius 1 is 1.67 bits per heavy atom. The number of hydrogen-bond donors (Lipinski definition) is 2. The first kappa shape index (κ1) is 6.16. The third-order valence-corrected chi connectivity index (χ3v) is 2.52. The van der Waals surface area contributed by atoms with Gasteiger partial charge in [-0.3, -0.25) is 4.79 Å². The van der Waals surface area contributed by atoms with E-state index in [2.05, 4.69) is 10.6 Å². The van der Waals surface area contributed by atoms with Gasteiger partial charge < -0.3 is 10.6 Å². The number of hydrogen-bond acceptors (Lipinski definition) is 2. The molecule has 2 N–H and O–H groups in total. The van der Waals surface area contributed by atoms with Crippen LogP contribution in [0.2, 0.25) is 0 Å². The summed E-state index contributed by atoms with van der Waals surface area (Å²) in [6.45, 7) is 2.53. The number of carbonyl (C=O) groups is 1. The Morgan fingerprint density at radius 3 is 3.27 bits per heavy atom. The van der Waals surface area contributed by atoms with Crippen LogP contribution in [0.15, 0.2) is 24.2 Å². The van der Waals surface area contributed by atoms with Gasteiger partial charge in [-0.1, -0.05) is 18.1 Å². The van der Waals surface area contributed by atoms with Gasteiger partial charge >= 0.3 is 0 Å². The number of anilines is 1. The third kappa shape index (κ3) is 2.29. The molecule has 0 spiro atoms. The van der Waals surface area contributed by atoms with E-state index in [1.54, 1.807) is 0 Å². The first-order valence-electron chi connectivity index (χ1n) is 7.02. The van der Waals surface area contributed by atoms with Crippen LogP contribution in [0.4, 0.5) is 5.69 Å². The summed E-state index contributed by atoms with van der Waals surface area (Å²) < 4.78 is 31.1. The number of rotatable bonds is 3. The molecule has 1 aromatic carbocycles. The van der Waals surface area contributed by atoms with Gasteiger partial charge in [0, 0.05) is 31.6 Å². The van der Waals surface area contributed by atoms with Crippen molar-refractivity contribution in [2.24, 2.45) is 0 Å². The quantitative estimate of drug-likeness (QED) is 0.794. The highest BCUT2D eigenvalue weighted by Gasteiger charge is 2.20. The minimum atomic E-state index is -0.209. The molecule has 1 aromatic rings. The van der Waals surface area contributed by atoms with Crippen molar-refractivity contribution in [2.45, 2.75) is 19.3 Å². The monoisotopic (exact) mass is 208 g/mol. The second-order valence-electron chi connectivity index (χ2n) is 3.64. The molecule has 1 heterocycles. The summed E-state index contributed by atoms with van der Waals surface area (Å²) in [5.74, 6) is -0.0932. The third-order valence-electron chi connectivity index (χ3n) is 2.52. The summed E-state index contributed by atoms with van der Waals surface area (Å²) in [5, 5.41) is 5.75. The number of nitrogens with one attached hydrogen (secondary N) is 2. The highest BCUT2D eigenvalue weighted by molar-refractivity contribution is 5.72. The van der Waals surface area contributed by atoms with Gasteiger partial charge in [0.1, 0.15) is 0 Å². The molecular weight excluding hydrogens is 188 g/mol. The minimum absolute atomic E-state index is 0.00292. The zero-order valence-electron chi connectivity index (χ0n) is 12.6. The molecule has 0 fully saturated rings. The summed E-state index contributed by atoms with van der Waals surface area (Å²) in [6, 6.07) is -0.400. The van der Waals surface area contributed by atoms with Crippen molar-refractivity contribution in [1.82, 2.24) is 5.32 Å². The Morgan fingerprint density at radius 2 is 2.47 bits per heavy atom. The Labute approximate surface area is 95.5 Å². The number of para-hydroxylation sites is 1. The van der Waals surface area contributed by atoms with Gasteiger partial charge in [0.25, 0.3) is 0 Å². The van der Waals surface area contributed by atoms with Crippen molar-refractivity contribution in [1.29, 1.82) is 0 Å². The number of amides is 1. The molecule has 0 bridgehead atoms. The van der Waals surface area contributed by atoms with E-state index in [1.165, 1.54) is 6.92 Å². The van der Waals surface area contributed by atoms with Crippen molar-refractivity contribution in [3.05, 3.63) is 29.7 Å². The molecule has 0 aliphatic carbocycles. The van der Waals surface area contributed by atoms with Gasteiger partial charge in [0.05, 0.1) is 5.48 Å². The van der Waals surface area contributed by atoms with Crippen LogP contribution in [0.5, 0.6) is 0 Å². The molecule has 1 atom stereocenters. The number of carbonyl (C=O) groups excluding carboxylic acids is 1. The van der Waals surface area contributed by atoms with Crippen LogP contribution >= 0.6 is 0 Å². The van der Waals surface area contributed by atoms with E-state index in [9.17, 15) is 4.79 Å². The molecule has 0 saturated heterocycles. The van der Waals surface area contributed by atoms with Gasteiger partial charge in [-0.05, 0) is 18.0 Å². The lowest BCUT2D eigenvalue weighted by molar-refractivity contribution is -0.118. The average Bonchev–Trinajstić information content (AvgIpc) is 2.77. The van der Waals surface area contributed by atoms with Crippen molar-refractivity contribution >= 4 is 11.6 Å². The van der Waals surface area contributed by atoms with E-state index >= 15 is 0 Å². The Balaban J connectivity index is 2.27. The molecule has 1 amide bonds. The number of benzene rings is 1. The van der Waals surface area contributed by atoms with E-state index < -0.39 is 0 Å². The molecular formula is C12H16N2O. The van der Waals surface area contributed by atoms with Gasteiger partial charge in [0.2, 0.25) is 5.91 Å². The molecule has 3 nitrogen and oxygen atoms in total. The minimum Gasteiger partial charge on any atom is -0.384 e. The fraction of sp³-hybridized carbons (Fsp3) is 0.417. The van der Waals surface area contributed by atoms with Gasteiger partial charge in [-0.25, -0.2) is 0 Å². The predicted octanol–water partition coefficient (Wildman–Crippen LogP) is 1.72. The summed E-state index contributed by atoms with van der Waals surface area (Å²) in [7, 11) is 0. The second-order valence-corrected chi connectivity index (χ2v) is 3.64. The maximum Gasteiger partial charge on any atom is 0.216 e. The van der Waals surface area contributed by atoms with Gasteiger partial charge in [-0.15, -0.1) is 0 Å². The van der Waals surface area contributed by atoms with Crippen LogP contribution < -0.4 is 10.6 Å². The second kappa shape index (κ2) is 4.34. The maximum absolute atomic E-state index is 10.8. The predicted molar refractivity (Wildman–Crippen MR) is 61.0 cm³/mol. The lowest BCUT2D eigenvalue weighted by atomic mass is 9.98. The van der Waals surface area contributed by atoms with Crippen LogP contribution in [0, 0.1) is 0 Å². The van der Waals surface area contributed by atoms with Crippen LogP contribution in [0.3, 0.4) is 0 Å². The molecule has 15 heavy (non-hydrogen) atoms. The highest BCUT2D eigenvalue weighted by Crippen LogP contribution is 2.32. The molecule has 2 rings (SSSR count). The van der Waals surface area contributed by atoms with Crippen molar-refractivity contribution in [2.75, 3.05) is 18.4 Å². The van der Waals surface area contributed by atoms with E-state index in [1.807, 2.05) is 0 Å². The van der Waals surface area contributed by atoms with Crippen LogP contribution in [0.1, 0.15) is 30.3 Å². The van der Waals surface area contributed by atoms with E-state index in [0.29, 0.717) is 30.8 Å². The molecule has 0 aromatic heterocycles. The highest BCUT2D eigenvalue weighted by atomic mass is 16.1. The topological polar surface area (TPSA) is 41.1 Å². The van der Waals surface area contributed by atoms with Crippen LogP contribution in [0.25, 0.3) is 0 Å². The lowest BCUT2D eigenvalue weighted by Gasteiger charge is -2.09. The zero-order chi connectivity index (χ0) is 14.2. The average molecular weight is 208 g/mol. The fourth-order valence-electron chi connectivity index (χ4n) is 1.76. The van der Waals surface area contributed by atoms with Gasteiger partial charge in [0.15, 0.2) is 0 Å². The van der Waals surface area contributed by atoms with Crippen LogP contribution in [-0.2, 0) is 4.79 Å². The van der Waals surface area contributed by atoms with Gasteiger partial charge in [-0.2, -0.15) is 0 Å². The molecule has 3 heteroatoms.